The lowest BCUT2D eigenvalue weighted by atomic mass is 9.79. The van der Waals surface area contributed by atoms with Crippen molar-refractivity contribution in [2.45, 2.75) is 65.7 Å². The van der Waals surface area contributed by atoms with Gasteiger partial charge in [0, 0.05) is 23.5 Å². The molecule has 0 fully saturated rings. The Hall–Kier alpha value is -2.69. The molecule has 0 amide bonds. The van der Waals surface area contributed by atoms with Crippen molar-refractivity contribution in [3.8, 4) is 5.75 Å². The zero-order chi connectivity index (χ0) is 22.4. The van der Waals surface area contributed by atoms with Crippen LogP contribution in [0.2, 0.25) is 0 Å². The number of Topliss-reactive ketones (excluding diaryl/α,β-unsaturated/α-hetero) is 1. The monoisotopic (exact) mass is 414 g/mol. The van der Waals surface area contributed by atoms with Gasteiger partial charge in [-0.3, -0.25) is 9.59 Å². The van der Waals surface area contributed by atoms with Gasteiger partial charge in [0.25, 0.3) is 0 Å². The van der Waals surface area contributed by atoms with Gasteiger partial charge < -0.3 is 9.84 Å². The number of carbonyl (C=O) groups is 2. The predicted molar refractivity (Wildman–Crippen MR) is 116 cm³/mol. The number of methoxy groups -OCH3 is 1. The van der Waals surface area contributed by atoms with Gasteiger partial charge in [-0.1, -0.05) is 25.0 Å². The second-order valence-corrected chi connectivity index (χ2v) is 7.85. The maximum atomic E-state index is 13.6. The zero-order valence-corrected chi connectivity index (χ0v) is 18.5. The van der Waals surface area contributed by atoms with Crippen LogP contribution in [0.1, 0.15) is 83.1 Å². The van der Waals surface area contributed by atoms with Crippen molar-refractivity contribution >= 4 is 11.8 Å². The van der Waals surface area contributed by atoms with E-state index in [9.17, 15) is 14.0 Å². The lowest BCUT2D eigenvalue weighted by molar-refractivity contribution is -0.137. The Kier molecular flexibility index (Phi) is 8.16. The number of carbonyl (C=O) groups excluding carboxylic acids is 1. The van der Waals surface area contributed by atoms with E-state index in [2.05, 4.69) is 0 Å². The molecule has 0 aliphatic carbocycles. The minimum absolute atomic E-state index is 0.0105. The average Bonchev–Trinajstić information content (AvgIpc) is 2.68. The zero-order valence-electron chi connectivity index (χ0n) is 18.5. The summed E-state index contributed by atoms with van der Waals surface area (Å²) in [4.78, 5) is 23.2. The summed E-state index contributed by atoms with van der Waals surface area (Å²) in [6, 6.07) is 6.44. The number of halogens is 1. The third-order valence-corrected chi connectivity index (χ3v) is 5.86. The number of ketones is 1. The number of rotatable bonds is 10. The molecule has 0 saturated carbocycles. The number of carboxylic acid groups (broad SMARTS) is 1. The van der Waals surface area contributed by atoms with Crippen molar-refractivity contribution in [3.05, 3.63) is 63.5 Å². The molecule has 162 valence electrons. The summed E-state index contributed by atoms with van der Waals surface area (Å²) in [7, 11) is 1.63. The van der Waals surface area contributed by atoms with Crippen LogP contribution in [-0.2, 0) is 4.79 Å². The summed E-state index contributed by atoms with van der Waals surface area (Å²) in [5, 5.41) is 8.86. The third-order valence-electron chi connectivity index (χ3n) is 5.86. The number of benzene rings is 2. The molecule has 0 bridgehead atoms. The largest absolute Gasteiger partial charge is 0.496 e. The highest BCUT2D eigenvalue weighted by molar-refractivity contribution is 5.98. The second kappa shape index (κ2) is 10.4. The van der Waals surface area contributed by atoms with Gasteiger partial charge >= 0.3 is 5.97 Å². The lowest BCUT2D eigenvalue weighted by Gasteiger charge is -2.27. The molecule has 4 nitrogen and oxygen atoms in total. The van der Waals surface area contributed by atoms with E-state index in [1.807, 2.05) is 20.8 Å². The second-order valence-electron chi connectivity index (χ2n) is 7.85. The lowest BCUT2D eigenvalue weighted by Crippen LogP contribution is -2.13. The normalized spacial score (nSPS) is 11.9. The van der Waals surface area contributed by atoms with Gasteiger partial charge in [-0.2, -0.15) is 0 Å². The van der Waals surface area contributed by atoms with E-state index in [1.54, 1.807) is 26.2 Å². The summed E-state index contributed by atoms with van der Waals surface area (Å²) in [6.45, 7) is 7.41. The van der Waals surface area contributed by atoms with Crippen LogP contribution in [0, 0.1) is 26.6 Å². The quantitative estimate of drug-likeness (QED) is 0.375. The topological polar surface area (TPSA) is 63.6 Å². The van der Waals surface area contributed by atoms with Crippen LogP contribution in [0.15, 0.2) is 24.3 Å². The van der Waals surface area contributed by atoms with Crippen molar-refractivity contribution < 1.29 is 23.8 Å². The van der Waals surface area contributed by atoms with E-state index >= 15 is 0 Å². The standard InChI is InChI=1S/C25H31FO4/c1-15-16(2)25(30-5)24(17(3)23(15)18(4)27)21(9-7-6-8-10-22(28)29)19-11-13-20(26)14-12-19/h11-14,21H,6-10H2,1-5H3,(H,28,29). The minimum atomic E-state index is -0.789. The van der Waals surface area contributed by atoms with Crippen LogP contribution >= 0.6 is 0 Å². The van der Waals surface area contributed by atoms with Crippen LogP contribution in [0.5, 0.6) is 5.75 Å². The molecule has 0 saturated heterocycles. The summed E-state index contributed by atoms with van der Waals surface area (Å²) >= 11 is 0. The van der Waals surface area contributed by atoms with Crippen LogP contribution < -0.4 is 4.74 Å². The Balaban J connectivity index is 2.55. The first-order chi connectivity index (χ1) is 14.2. The van der Waals surface area contributed by atoms with E-state index in [-0.39, 0.29) is 23.9 Å². The molecule has 0 heterocycles. The van der Waals surface area contributed by atoms with Gasteiger partial charge in [0.05, 0.1) is 7.11 Å². The summed E-state index contributed by atoms with van der Waals surface area (Å²) in [5.41, 5.74) is 5.36. The summed E-state index contributed by atoms with van der Waals surface area (Å²) in [6.07, 6.45) is 3.13. The molecule has 1 unspecified atom stereocenters. The van der Waals surface area contributed by atoms with E-state index in [0.717, 1.165) is 52.8 Å². The fraction of sp³-hybridized carbons (Fsp3) is 0.440. The smallest absolute Gasteiger partial charge is 0.303 e. The fourth-order valence-electron chi connectivity index (χ4n) is 4.33. The Morgan fingerprint density at radius 2 is 1.63 bits per heavy atom. The number of ether oxygens (including phenoxy) is 1. The van der Waals surface area contributed by atoms with Crippen LogP contribution in [-0.4, -0.2) is 24.0 Å². The van der Waals surface area contributed by atoms with E-state index < -0.39 is 5.97 Å². The third kappa shape index (κ3) is 5.26. The molecule has 2 aromatic carbocycles. The number of aliphatic carboxylic acids is 1. The average molecular weight is 415 g/mol. The Labute approximate surface area is 178 Å². The number of hydrogen-bond acceptors (Lipinski definition) is 3. The Morgan fingerprint density at radius 1 is 1.00 bits per heavy atom. The molecule has 0 aromatic heterocycles. The Morgan fingerprint density at radius 3 is 2.17 bits per heavy atom. The van der Waals surface area contributed by atoms with Crippen LogP contribution in [0.4, 0.5) is 4.39 Å². The number of unbranched alkanes of at least 4 members (excludes halogenated alkanes) is 2. The molecule has 0 aliphatic rings. The van der Waals surface area contributed by atoms with E-state index in [4.69, 9.17) is 9.84 Å². The van der Waals surface area contributed by atoms with Gasteiger partial charge in [-0.25, -0.2) is 4.39 Å². The summed E-state index contributed by atoms with van der Waals surface area (Å²) in [5.74, 6) is -0.399. The molecule has 1 atom stereocenters. The van der Waals surface area contributed by atoms with Gasteiger partial charge in [-0.15, -0.1) is 0 Å². The van der Waals surface area contributed by atoms with Crippen molar-refractivity contribution in [1.29, 1.82) is 0 Å². The molecule has 0 aliphatic heterocycles. The Bertz CT molecular complexity index is 916. The van der Waals surface area contributed by atoms with Crippen molar-refractivity contribution in [2.24, 2.45) is 0 Å². The maximum absolute atomic E-state index is 13.6. The molecule has 1 N–H and O–H groups in total. The minimum Gasteiger partial charge on any atom is -0.496 e. The predicted octanol–water partition coefficient (Wildman–Crippen LogP) is 6.13. The molecular formula is C25H31FO4. The van der Waals surface area contributed by atoms with Crippen molar-refractivity contribution in [3.63, 3.8) is 0 Å². The molecule has 0 spiro atoms. The highest BCUT2D eigenvalue weighted by atomic mass is 19.1. The first kappa shape index (κ1) is 23.6. The fourth-order valence-corrected chi connectivity index (χ4v) is 4.33. The van der Waals surface area contributed by atoms with Gasteiger partial charge in [0.2, 0.25) is 0 Å². The summed E-state index contributed by atoms with van der Waals surface area (Å²) < 4.78 is 19.4. The highest BCUT2D eigenvalue weighted by Crippen LogP contribution is 2.42. The molecule has 2 aromatic rings. The van der Waals surface area contributed by atoms with Gasteiger partial charge in [0.1, 0.15) is 11.6 Å². The molecule has 2 rings (SSSR count). The van der Waals surface area contributed by atoms with Crippen molar-refractivity contribution in [2.75, 3.05) is 7.11 Å². The maximum Gasteiger partial charge on any atom is 0.303 e. The number of hydrogen-bond donors (Lipinski definition) is 1. The molecular weight excluding hydrogens is 383 g/mol. The molecule has 30 heavy (non-hydrogen) atoms. The van der Waals surface area contributed by atoms with E-state index in [0.29, 0.717) is 12.0 Å². The first-order valence-corrected chi connectivity index (χ1v) is 10.3. The van der Waals surface area contributed by atoms with Crippen molar-refractivity contribution in [1.82, 2.24) is 0 Å². The SMILES string of the molecule is COc1c(C)c(C)c(C(C)=O)c(C)c1C(CCCCCC(=O)O)c1ccc(F)cc1. The molecule has 5 heteroatoms. The number of carboxylic acids is 1. The first-order valence-electron chi connectivity index (χ1n) is 10.3. The van der Waals surface area contributed by atoms with Gasteiger partial charge in [-0.05, 0) is 74.9 Å². The highest BCUT2D eigenvalue weighted by Gasteiger charge is 2.27. The van der Waals surface area contributed by atoms with E-state index in [1.165, 1.54) is 12.1 Å². The van der Waals surface area contributed by atoms with Crippen LogP contribution in [0.3, 0.4) is 0 Å². The van der Waals surface area contributed by atoms with Gasteiger partial charge in [0.15, 0.2) is 5.78 Å². The molecule has 0 radical (unpaired) electrons. The van der Waals surface area contributed by atoms with Crippen LogP contribution in [0.25, 0.3) is 0 Å².